The number of hydrogen-bond acceptors (Lipinski definition) is 8. The van der Waals surface area contributed by atoms with Crippen LogP contribution in [0.3, 0.4) is 0 Å². The highest BCUT2D eigenvalue weighted by atomic mass is 31.2. The van der Waals surface area contributed by atoms with Gasteiger partial charge in [0.05, 0.1) is 13.2 Å². The van der Waals surface area contributed by atoms with Gasteiger partial charge in [0, 0.05) is 19.4 Å². The molecule has 0 aromatic carbocycles. The molecule has 2 N–H and O–H groups in total. The fourth-order valence-electron chi connectivity index (χ4n) is 4.84. The number of carbonyl (C=O) groups excluding carboxylic acids is 2. The van der Waals surface area contributed by atoms with Gasteiger partial charge in [0.15, 0.2) is 6.10 Å². The van der Waals surface area contributed by atoms with Crippen LogP contribution < -0.4 is 5.32 Å². The lowest BCUT2D eigenvalue weighted by Crippen LogP contribution is -2.29. The van der Waals surface area contributed by atoms with Crippen LogP contribution in [0.1, 0.15) is 149 Å². The molecule has 284 valence electrons. The maximum absolute atomic E-state index is 12.5. The summed E-state index contributed by atoms with van der Waals surface area (Å²) in [6, 6.07) is 0. The van der Waals surface area contributed by atoms with Crippen molar-refractivity contribution in [1.29, 1.82) is 0 Å². The van der Waals surface area contributed by atoms with Gasteiger partial charge in [0.1, 0.15) is 6.61 Å². The summed E-state index contributed by atoms with van der Waals surface area (Å²) in [6.07, 6.45) is 37.3. The Morgan fingerprint density at radius 2 is 1.16 bits per heavy atom. The van der Waals surface area contributed by atoms with E-state index in [1.165, 1.54) is 57.8 Å². The van der Waals surface area contributed by atoms with Crippen molar-refractivity contribution >= 4 is 19.8 Å². The largest absolute Gasteiger partial charge is 0.472 e. The molecule has 2 unspecified atom stereocenters. The van der Waals surface area contributed by atoms with E-state index >= 15 is 0 Å². The molecule has 0 heterocycles. The van der Waals surface area contributed by atoms with E-state index in [-0.39, 0.29) is 32.0 Å². The summed E-state index contributed by atoms with van der Waals surface area (Å²) in [5.41, 5.74) is 0. The van der Waals surface area contributed by atoms with Crippen LogP contribution in [0.4, 0.5) is 0 Å². The first-order chi connectivity index (χ1) is 23.8. The number of hydrogen-bond donors (Lipinski definition) is 2. The normalized spacial score (nSPS) is 14.0. The first-order valence-corrected chi connectivity index (χ1v) is 20.6. The van der Waals surface area contributed by atoms with Crippen molar-refractivity contribution in [3.8, 4) is 0 Å². The van der Waals surface area contributed by atoms with Crippen LogP contribution in [0.5, 0.6) is 0 Å². The van der Waals surface area contributed by atoms with E-state index in [4.69, 9.17) is 18.5 Å². The summed E-state index contributed by atoms with van der Waals surface area (Å²) in [5, 5.41) is 2.81. The van der Waals surface area contributed by atoms with Crippen molar-refractivity contribution in [3.05, 3.63) is 48.6 Å². The topological polar surface area (TPSA) is 120 Å². The van der Waals surface area contributed by atoms with E-state index in [9.17, 15) is 19.0 Å². The van der Waals surface area contributed by atoms with Crippen LogP contribution in [0.15, 0.2) is 48.6 Å². The molecule has 0 aromatic heterocycles. The van der Waals surface area contributed by atoms with Crippen LogP contribution in [0.25, 0.3) is 0 Å². The number of carbonyl (C=O) groups is 2. The quantitative estimate of drug-likeness (QED) is 0.0286. The average Bonchev–Trinajstić information content (AvgIpc) is 3.08. The number of nitrogens with one attached hydrogen (secondary N) is 1. The Bertz CT molecular complexity index is 949. The number of ether oxygens (including phenoxy) is 2. The van der Waals surface area contributed by atoms with Gasteiger partial charge in [0.2, 0.25) is 0 Å². The second kappa shape index (κ2) is 35.8. The second-order valence-electron chi connectivity index (χ2n) is 12.4. The Hall–Kier alpha value is -2.03. The Balaban J connectivity index is 4.38. The molecule has 2 atom stereocenters. The van der Waals surface area contributed by atoms with Crippen molar-refractivity contribution in [2.24, 2.45) is 0 Å². The minimum absolute atomic E-state index is 0.0258. The van der Waals surface area contributed by atoms with Gasteiger partial charge in [-0.05, 0) is 58.4 Å². The van der Waals surface area contributed by atoms with Gasteiger partial charge in [-0.3, -0.25) is 18.6 Å². The summed E-state index contributed by atoms with van der Waals surface area (Å²) in [4.78, 5) is 34.9. The third kappa shape index (κ3) is 35.6. The van der Waals surface area contributed by atoms with Crippen molar-refractivity contribution in [2.75, 3.05) is 33.4 Å². The molecule has 0 aromatic rings. The predicted molar refractivity (Wildman–Crippen MR) is 201 cm³/mol. The van der Waals surface area contributed by atoms with E-state index in [0.29, 0.717) is 13.0 Å². The van der Waals surface area contributed by atoms with Gasteiger partial charge in [0.25, 0.3) is 0 Å². The number of likely N-dealkylation sites (N-methyl/N-ethyl adjacent to an activating group) is 1. The first-order valence-electron chi connectivity index (χ1n) is 19.1. The molecule has 49 heavy (non-hydrogen) atoms. The lowest BCUT2D eigenvalue weighted by molar-refractivity contribution is -0.161. The fraction of sp³-hybridized carbons (Fsp3) is 0.744. The van der Waals surface area contributed by atoms with Crippen LogP contribution >= 0.6 is 7.82 Å². The van der Waals surface area contributed by atoms with Gasteiger partial charge >= 0.3 is 19.8 Å². The van der Waals surface area contributed by atoms with Crippen LogP contribution in [0, 0.1) is 0 Å². The Morgan fingerprint density at radius 1 is 0.653 bits per heavy atom. The molecule has 0 saturated carbocycles. The van der Waals surface area contributed by atoms with Crippen LogP contribution in [-0.4, -0.2) is 56.3 Å². The minimum Gasteiger partial charge on any atom is -0.462 e. The number of phosphoric ester groups is 1. The van der Waals surface area contributed by atoms with Crippen molar-refractivity contribution in [2.45, 2.75) is 155 Å². The zero-order chi connectivity index (χ0) is 36.1. The Labute approximate surface area is 299 Å². The smallest absolute Gasteiger partial charge is 0.462 e. The highest BCUT2D eigenvalue weighted by Crippen LogP contribution is 2.43. The molecule has 0 saturated heterocycles. The van der Waals surface area contributed by atoms with Crippen molar-refractivity contribution < 1.29 is 37.6 Å². The van der Waals surface area contributed by atoms with E-state index in [1.54, 1.807) is 7.05 Å². The van der Waals surface area contributed by atoms with E-state index in [1.807, 2.05) is 0 Å². The molecule has 0 radical (unpaired) electrons. The zero-order valence-electron chi connectivity index (χ0n) is 31.1. The summed E-state index contributed by atoms with van der Waals surface area (Å²) in [7, 11) is -2.66. The number of rotatable bonds is 35. The standard InChI is InChI=1S/C39H70NO8P/c1-4-6-8-10-12-14-16-18-19-20-22-24-26-28-30-32-39(42)48-37(36-47-49(43,44)46-34-33-40-3)35-45-38(41)31-29-27-25-23-21-17-15-13-11-9-7-5-2/h6,8,12,14,18-19,22,24,37,40H,4-5,7,9-11,13,15-17,20-21,23,25-36H2,1-3H3,(H,43,44)/b8-6-,14-12-,19-18-,24-22-. The second-order valence-corrected chi connectivity index (χ2v) is 13.8. The van der Waals surface area contributed by atoms with Crippen molar-refractivity contribution in [3.63, 3.8) is 0 Å². The van der Waals surface area contributed by atoms with E-state index < -0.39 is 26.5 Å². The molecule has 0 aliphatic carbocycles. The molecule has 9 nitrogen and oxygen atoms in total. The molecule has 0 fully saturated rings. The molecule has 0 bridgehead atoms. The SMILES string of the molecule is CC/C=C\C/C=C\C/C=C\C/C=C\CCCCC(=O)OC(COC(=O)CCCCCCCCCCCCCC)COP(=O)(O)OCCNC. The molecule has 0 amide bonds. The first kappa shape index (κ1) is 47.0. The lowest BCUT2D eigenvalue weighted by Gasteiger charge is -2.20. The molecule has 0 spiro atoms. The van der Waals surface area contributed by atoms with Gasteiger partial charge in [-0.25, -0.2) is 4.57 Å². The van der Waals surface area contributed by atoms with Gasteiger partial charge in [-0.1, -0.05) is 133 Å². The molecule has 0 rings (SSSR count). The third-order valence-corrected chi connectivity index (χ3v) is 8.70. The average molecular weight is 712 g/mol. The van der Waals surface area contributed by atoms with Crippen LogP contribution in [0.2, 0.25) is 0 Å². The van der Waals surface area contributed by atoms with Crippen LogP contribution in [-0.2, 0) is 32.7 Å². The summed E-state index contributed by atoms with van der Waals surface area (Å²) >= 11 is 0. The fourth-order valence-corrected chi connectivity index (χ4v) is 5.59. The molecule has 0 aliphatic heterocycles. The monoisotopic (exact) mass is 711 g/mol. The number of phosphoric acid groups is 1. The van der Waals surface area contributed by atoms with Gasteiger partial charge in [-0.15, -0.1) is 0 Å². The maximum atomic E-state index is 12.5. The van der Waals surface area contributed by atoms with E-state index in [0.717, 1.165) is 57.8 Å². The number of allylic oxidation sites excluding steroid dienone is 8. The molecular weight excluding hydrogens is 641 g/mol. The highest BCUT2D eigenvalue weighted by Gasteiger charge is 2.26. The Kier molecular flexibility index (Phi) is 34.3. The van der Waals surface area contributed by atoms with E-state index in [2.05, 4.69) is 67.8 Å². The summed E-state index contributed by atoms with van der Waals surface area (Å²) in [6.45, 7) is 4.04. The molecule has 0 aliphatic rings. The van der Waals surface area contributed by atoms with Crippen molar-refractivity contribution in [1.82, 2.24) is 5.32 Å². The lowest BCUT2D eigenvalue weighted by atomic mass is 10.0. The minimum atomic E-state index is -4.35. The number of esters is 2. The molecule has 10 heteroatoms. The van der Waals surface area contributed by atoms with Gasteiger partial charge in [-0.2, -0.15) is 0 Å². The summed E-state index contributed by atoms with van der Waals surface area (Å²) < 4.78 is 33.0. The molecular formula is C39H70NO8P. The number of unbranched alkanes of at least 4 members (excludes halogenated alkanes) is 13. The third-order valence-electron chi connectivity index (χ3n) is 7.71. The zero-order valence-corrected chi connectivity index (χ0v) is 32.0. The Morgan fingerprint density at radius 3 is 1.73 bits per heavy atom. The van der Waals surface area contributed by atoms with Gasteiger partial charge < -0.3 is 19.7 Å². The summed E-state index contributed by atoms with van der Waals surface area (Å²) in [5.74, 6) is -0.858. The predicted octanol–water partition coefficient (Wildman–Crippen LogP) is 10.3. The maximum Gasteiger partial charge on any atom is 0.472 e. The highest BCUT2D eigenvalue weighted by molar-refractivity contribution is 7.47.